The molecule has 0 amide bonds. The second-order valence-electron chi connectivity index (χ2n) is 6.57. The zero-order chi connectivity index (χ0) is 16.3. The van der Waals surface area contributed by atoms with Gasteiger partial charge in [-0.25, -0.2) is 4.79 Å². The van der Waals surface area contributed by atoms with Gasteiger partial charge in [0.05, 0.1) is 7.11 Å². The molecule has 2 aliphatic rings. The molecule has 1 aliphatic heterocycles. The number of benzene rings is 1. The fourth-order valence-corrected chi connectivity index (χ4v) is 3.62. The number of ether oxygens (including phenoxy) is 2. The number of carbonyl (C=O) groups excluding carboxylic acids is 1. The number of aliphatic imine (C=N–C) groups is 1. The van der Waals surface area contributed by atoms with Crippen LogP contribution >= 0.6 is 0 Å². The first-order chi connectivity index (χ1) is 11.2. The van der Waals surface area contributed by atoms with Gasteiger partial charge in [-0.15, -0.1) is 0 Å². The summed E-state index contributed by atoms with van der Waals surface area (Å²) in [4.78, 5) is 17.2. The summed E-state index contributed by atoms with van der Waals surface area (Å²) in [6, 6.07) is 5.88. The van der Waals surface area contributed by atoms with Crippen molar-refractivity contribution in [1.82, 2.24) is 4.90 Å². The summed E-state index contributed by atoms with van der Waals surface area (Å²) in [6.45, 7) is 2.04. The molecule has 1 saturated heterocycles. The van der Waals surface area contributed by atoms with E-state index in [9.17, 15) is 4.79 Å². The van der Waals surface area contributed by atoms with Crippen LogP contribution in [0, 0.1) is 0 Å². The molecular formula is C18H24N2O3. The molecule has 1 aliphatic carbocycles. The van der Waals surface area contributed by atoms with E-state index in [-0.39, 0.29) is 6.10 Å². The molecule has 1 heterocycles. The number of para-hydroxylation sites is 1. The number of hydrogen-bond acceptors (Lipinski definition) is 5. The first kappa shape index (κ1) is 16.0. The van der Waals surface area contributed by atoms with Crippen molar-refractivity contribution in [3.8, 4) is 11.5 Å². The number of rotatable bonds is 5. The van der Waals surface area contributed by atoms with Crippen LogP contribution < -0.4 is 9.47 Å². The van der Waals surface area contributed by atoms with Crippen molar-refractivity contribution in [2.45, 2.75) is 43.7 Å². The summed E-state index contributed by atoms with van der Waals surface area (Å²) in [6.07, 6.45) is 6.88. The summed E-state index contributed by atoms with van der Waals surface area (Å²) < 4.78 is 11.9. The van der Waals surface area contributed by atoms with Crippen LogP contribution in [0.4, 0.5) is 0 Å². The summed E-state index contributed by atoms with van der Waals surface area (Å²) in [5, 5.41) is 0. The molecular weight excluding hydrogens is 292 g/mol. The monoisotopic (exact) mass is 316 g/mol. The van der Waals surface area contributed by atoms with Gasteiger partial charge in [0.1, 0.15) is 11.6 Å². The number of likely N-dealkylation sites (N-methyl/N-ethyl adjacent to an activating group) is 1. The Balaban J connectivity index is 1.89. The topological polar surface area (TPSA) is 51.1 Å². The number of nitrogens with zero attached hydrogens (tertiary/aromatic N) is 2. The van der Waals surface area contributed by atoms with Gasteiger partial charge in [-0.3, -0.25) is 0 Å². The maximum absolute atomic E-state index is 10.9. The molecule has 1 atom stereocenters. The van der Waals surface area contributed by atoms with E-state index >= 15 is 0 Å². The third-order valence-corrected chi connectivity index (χ3v) is 5.00. The zero-order valence-electron chi connectivity index (χ0n) is 13.9. The highest BCUT2D eigenvalue weighted by Crippen LogP contribution is 2.50. The quantitative estimate of drug-likeness (QED) is 0.619. The fourth-order valence-electron chi connectivity index (χ4n) is 3.62. The fraction of sp³-hybridized carbons (Fsp3) is 0.611. The maximum atomic E-state index is 10.9. The molecule has 0 spiro atoms. The Labute approximate surface area is 137 Å². The smallest absolute Gasteiger partial charge is 0.235 e. The van der Waals surface area contributed by atoms with Crippen molar-refractivity contribution >= 4 is 6.08 Å². The minimum Gasteiger partial charge on any atom is -0.492 e. The third kappa shape index (κ3) is 3.12. The van der Waals surface area contributed by atoms with Crippen molar-refractivity contribution in [2.24, 2.45) is 4.99 Å². The molecule has 23 heavy (non-hydrogen) atoms. The van der Waals surface area contributed by atoms with Crippen molar-refractivity contribution in [2.75, 3.05) is 27.2 Å². The Morgan fingerprint density at radius 3 is 2.78 bits per heavy atom. The van der Waals surface area contributed by atoms with Crippen molar-refractivity contribution in [3.05, 3.63) is 23.8 Å². The molecule has 1 saturated carbocycles. The molecule has 5 nitrogen and oxygen atoms in total. The van der Waals surface area contributed by atoms with E-state index in [1.807, 2.05) is 18.2 Å². The summed E-state index contributed by atoms with van der Waals surface area (Å²) >= 11 is 0. The van der Waals surface area contributed by atoms with Crippen LogP contribution in [-0.2, 0) is 10.3 Å². The minimum absolute atomic E-state index is 0.171. The van der Waals surface area contributed by atoms with Gasteiger partial charge in [0.2, 0.25) is 6.08 Å². The molecule has 1 aromatic carbocycles. The van der Waals surface area contributed by atoms with Crippen LogP contribution in [0.25, 0.3) is 0 Å². The van der Waals surface area contributed by atoms with E-state index in [0.717, 1.165) is 56.5 Å². The van der Waals surface area contributed by atoms with Crippen LogP contribution in [0.5, 0.6) is 11.5 Å². The Kier molecular flexibility index (Phi) is 4.69. The predicted molar refractivity (Wildman–Crippen MR) is 87.8 cm³/mol. The summed E-state index contributed by atoms with van der Waals surface area (Å²) in [7, 11) is 3.76. The van der Waals surface area contributed by atoms with Gasteiger partial charge in [-0.2, -0.15) is 4.99 Å². The lowest BCUT2D eigenvalue weighted by atomic mass is 9.72. The molecule has 1 aromatic rings. The molecule has 2 fully saturated rings. The number of piperidine rings is 1. The predicted octanol–water partition coefficient (Wildman–Crippen LogP) is 2.88. The molecule has 0 bridgehead atoms. The molecule has 0 N–H and O–H groups in total. The van der Waals surface area contributed by atoms with Gasteiger partial charge < -0.3 is 14.4 Å². The Morgan fingerprint density at radius 2 is 2.17 bits per heavy atom. The maximum Gasteiger partial charge on any atom is 0.235 e. The normalized spacial score (nSPS) is 23.5. The largest absolute Gasteiger partial charge is 0.492 e. The van der Waals surface area contributed by atoms with Gasteiger partial charge >= 0.3 is 0 Å². The Bertz CT molecular complexity index is 606. The van der Waals surface area contributed by atoms with E-state index in [1.165, 1.54) is 0 Å². The minimum atomic E-state index is -0.476. The van der Waals surface area contributed by atoms with Crippen molar-refractivity contribution in [1.29, 1.82) is 0 Å². The first-order valence-corrected chi connectivity index (χ1v) is 8.30. The second kappa shape index (κ2) is 6.73. The van der Waals surface area contributed by atoms with Crippen LogP contribution in [0.15, 0.2) is 23.2 Å². The number of isocyanates is 1. The van der Waals surface area contributed by atoms with E-state index < -0.39 is 5.54 Å². The van der Waals surface area contributed by atoms with Crippen LogP contribution in [0.2, 0.25) is 0 Å². The molecule has 3 rings (SSSR count). The van der Waals surface area contributed by atoms with Gasteiger partial charge in [0.15, 0.2) is 11.5 Å². The molecule has 1 unspecified atom stereocenters. The van der Waals surface area contributed by atoms with E-state index in [0.29, 0.717) is 5.75 Å². The summed E-state index contributed by atoms with van der Waals surface area (Å²) in [5.41, 5.74) is 0.465. The van der Waals surface area contributed by atoms with Crippen LogP contribution in [-0.4, -0.2) is 44.3 Å². The van der Waals surface area contributed by atoms with E-state index in [2.05, 4.69) is 16.9 Å². The van der Waals surface area contributed by atoms with E-state index in [4.69, 9.17) is 9.47 Å². The number of hydrogen-bond donors (Lipinski definition) is 0. The van der Waals surface area contributed by atoms with Gasteiger partial charge in [-0.1, -0.05) is 12.1 Å². The Hall–Kier alpha value is -1.84. The highest BCUT2D eigenvalue weighted by atomic mass is 16.5. The number of likely N-dealkylation sites (tertiary alicyclic amines) is 1. The van der Waals surface area contributed by atoms with Crippen LogP contribution in [0.3, 0.4) is 0 Å². The lowest BCUT2D eigenvalue weighted by molar-refractivity contribution is 0.100. The lowest BCUT2D eigenvalue weighted by Crippen LogP contribution is -2.38. The number of methoxy groups -OCH3 is 1. The summed E-state index contributed by atoms with van der Waals surface area (Å²) in [5.74, 6) is 1.46. The third-order valence-electron chi connectivity index (χ3n) is 5.00. The van der Waals surface area contributed by atoms with Gasteiger partial charge in [-0.05, 0) is 51.8 Å². The lowest BCUT2D eigenvalue weighted by Gasteiger charge is -2.38. The van der Waals surface area contributed by atoms with Gasteiger partial charge in [0, 0.05) is 12.1 Å². The SMILES string of the molecule is COc1c(OC2CCCN(C)C2)cccc1C1(N=C=O)CCC1. The average molecular weight is 316 g/mol. The molecule has 0 radical (unpaired) electrons. The molecule has 124 valence electrons. The molecule has 0 aromatic heterocycles. The molecule has 5 heteroatoms. The second-order valence-corrected chi connectivity index (χ2v) is 6.57. The van der Waals surface area contributed by atoms with Crippen molar-refractivity contribution < 1.29 is 14.3 Å². The Morgan fingerprint density at radius 1 is 1.35 bits per heavy atom. The van der Waals surface area contributed by atoms with Gasteiger partial charge in [0.25, 0.3) is 0 Å². The first-order valence-electron chi connectivity index (χ1n) is 8.30. The van der Waals surface area contributed by atoms with Crippen LogP contribution in [0.1, 0.15) is 37.7 Å². The standard InChI is InChI=1S/C18H24N2O3/c1-20-11-4-6-14(12-20)23-16-8-3-7-15(17(16)22-2)18(19-13-21)9-5-10-18/h3,7-8,14H,4-6,9-12H2,1-2H3. The van der Waals surface area contributed by atoms with Crippen molar-refractivity contribution in [3.63, 3.8) is 0 Å². The highest BCUT2D eigenvalue weighted by molar-refractivity contribution is 5.52. The van der Waals surface area contributed by atoms with E-state index in [1.54, 1.807) is 13.2 Å². The highest BCUT2D eigenvalue weighted by Gasteiger charge is 2.42. The average Bonchev–Trinajstić information content (AvgIpc) is 2.51. The zero-order valence-corrected chi connectivity index (χ0v) is 13.9.